The highest BCUT2D eigenvalue weighted by Crippen LogP contribution is 2.12. The van der Waals surface area contributed by atoms with Gasteiger partial charge in [-0.3, -0.25) is 9.59 Å². The Morgan fingerprint density at radius 1 is 1.15 bits per heavy atom. The molecule has 0 spiro atoms. The molecule has 1 amide bonds. The van der Waals surface area contributed by atoms with Crippen LogP contribution in [0.4, 0.5) is 5.69 Å². The van der Waals surface area contributed by atoms with Crippen LogP contribution in [-0.2, 0) is 11.3 Å². The third-order valence-electron chi connectivity index (χ3n) is 4.47. The summed E-state index contributed by atoms with van der Waals surface area (Å²) in [5, 5.41) is 2.91. The normalized spacial score (nSPS) is 12.7. The van der Waals surface area contributed by atoms with Crippen molar-refractivity contribution < 1.29 is 19.2 Å². The first-order valence-corrected chi connectivity index (χ1v) is 8.97. The van der Waals surface area contributed by atoms with Crippen LogP contribution in [-0.4, -0.2) is 31.4 Å². The van der Waals surface area contributed by atoms with Gasteiger partial charge in [0.2, 0.25) is 0 Å². The number of anilines is 1. The second-order valence-electron chi connectivity index (χ2n) is 6.61. The van der Waals surface area contributed by atoms with Crippen molar-refractivity contribution in [3.05, 3.63) is 72.3 Å². The second kappa shape index (κ2) is 9.69. The van der Waals surface area contributed by atoms with E-state index in [-0.39, 0.29) is 17.7 Å². The van der Waals surface area contributed by atoms with Crippen LogP contribution in [0.1, 0.15) is 29.8 Å². The molecule has 2 atom stereocenters. The van der Waals surface area contributed by atoms with E-state index in [9.17, 15) is 9.59 Å². The number of rotatable bonds is 9. The van der Waals surface area contributed by atoms with E-state index < -0.39 is 0 Å². The van der Waals surface area contributed by atoms with E-state index in [2.05, 4.69) is 11.9 Å². The number of ether oxygens (including phenoxy) is 1. The molecule has 0 saturated heterocycles. The zero-order valence-corrected chi connectivity index (χ0v) is 16.1. The van der Waals surface area contributed by atoms with E-state index in [0.717, 1.165) is 22.8 Å². The number of nitrogens with one attached hydrogen (secondary N) is 2. The summed E-state index contributed by atoms with van der Waals surface area (Å²) in [5.74, 6) is 0.747. The highest BCUT2D eigenvalue weighted by Gasteiger charge is 2.22. The second-order valence-corrected chi connectivity index (χ2v) is 6.61. The number of carbonyl (C=O) groups is 2. The van der Waals surface area contributed by atoms with Crippen molar-refractivity contribution >= 4 is 17.4 Å². The zero-order valence-electron chi connectivity index (χ0n) is 16.1. The van der Waals surface area contributed by atoms with Crippen molar-refractivity contribution in [1.82, 2.24) is 0 Å². The van der Waals surface area contributed by atoms with Crippen LogP contribution >= 0.6 is 0 Å². The Kier molecular flexibility index (Phi) is 7.32. The first-order valence-electron chi connectivity index (χ1n) is 8.97. The van der Waals surface area contributed by atoms with E-state index in [1.807, 2.05) is 38.2 Å². The number of ketones is 1. The summed E-state index contributed by atoms with van der Waals surface area (Å²) in [6.45, 7) is 8.25. The lowest BCUT2D eigenvalue weighted by molar-refractivity contribution is -0.907. The molecule has 2 N–H and O–H groups in total. The number of quaternary nitrogens is 1. The van der Waals surface area contributed by atoms with Gasteiger partial charge in [0.1, 0.15) is 18.9 Å². The lowest BCUT2D eigenvalue weighted by atomic mass is 10.1. The van der Waals surface area contributed by atoms with Gasteiger partial charge in [-0.2, -0.15) is 0 Å². The minimum atomic E-state index is -0.228. The predicted molar refractivity (Wildman–Crippen MR) is 107 cm³/mol. The molecule has 27 heavy (non-hydrogen) atoms. The molecule has 0 fully saturated rings. The molecular formula is C22H27N2O3+. The summed E-state index contributed by atoms with van der Waals surface area (Å²) in [7, 11) is 1.99. The lowest BCUT2D eigenvalue weighted by Crippen LogP contribution is -3.12. The smallest absolute Gasteiger partial charge is 0.282 e. The molecule has 0 aliphatic heterocycles. The van der Waals surface area contributed by atoms with Crippen molar-refractivity contribution in [3.63, 3.8) is 0 Å². The lowest BCUT2D eigenvalue weighted by Gasteiger charge is -2.21. The fourth-order valence-electron chi connectivity index (χ4n) is 2.60. The molecule has 0 heterocycles. The van der Waals surface area contributed by atoms with Crippen molar-refractivity contribution in [1.29, 1.82) is 0 Å². The molecule has 2 aromatic rings. The number of likely N-dealkylation sites (N-methyl/N-ethyl adjacent to an activating group) is 1. The summed E-state index contributed by atoms with van der Waals surface area (Å²) in [5.41, 5.74) is 2.45. The highest BCUT2D eigenvalue weighted by molar-refractivity contribution is 5.96. The average molecular weight is 367 g/mol. The van der Waals surface area contributed by atoms with Gasteiger partial charge in [0.25, 0.3) is 5.91 Å². The van der Waals surface area contributed by atoms with Crippen LogP contribution in [0.3, 0.4) is 0 Å². The van der Waals surface area contributed by atoms with Gasteiger partial charge in [-0.25, -0.2) is 0 Å². The van der Waals surface area contributed by atoms with Gasteiger partial charge in [-0.05, 0) is 62.4 Å². The van der Waals surface area contributed by atoms with Crippen LogP contribution in [0.5, 0.6) is 5.75 Å². The van der Waals surface area contributed by atoms with Crippen LogP contribution in [0.15, 0.2) is 61.2 Å². The van der Waals surface area contributed by atoms with Crippen LogP contribution in [0.25, 0.3) is 0 Å². The van der Waals surface area contributed by atoms with Crippen molar-refractivity contribution in [3.8, 4) is 5.75 Å². The summed E-state index contributed by atoms with van der Waals surface area (Å²) in [4.78, 5) is 24.9. The van der Waals surface area contributed by atoms with Gasteiger partial charge in [-0.1, -0.05) is 12.7 Å². The van der Waals surface area contributed by atoms with Gasteiger partial charge in [0.15, 0.2) is 11.8 Å². The van der Waals surface area contributed by atoms with E-state index >= 15 is 0 Å². The first-order chi connectivity index (χ1) is 12.9. The third-order valence-corrected chi connectivity index (χ3v) is 4.47. The summed E-state index contributed by atoms with van der Waals surface area (Å²) < 4.78 is 5.48. The molecule has 5 heteroatoms. The van der Waals surface area contributed by atoms with E-state index in [1.165, 1.54) is 6.92 Å². The van der Waals surface area contributed by atoms with E-state index in [4.69, 9.17) is 4.74 Å². The Bertz CT molecular complexity index is 782. The van der Waals surface area contributed by atoms with Crippen LogP contribution < -0.4 is 15.0 Å². The molecule has 0 radical (unpaired) electrons. The maximum Gasteiger partial charge on any atom is 0.282 e. The molecule has 2 aromatic carbocycles. The predicted octanol–water partition coefficient (Wildman–Crippen LogP) is 2.50. The van der Waals surface area contributed by atoms with E-state index in [0.29, 0.717) is 17.9 Å². The molecular weight excluding hydrogens is 340 g/mol. The minimum Gasteiger partial charge on any atom is -0.490 e. The number of amides is 1. The van der Waals surface area contributed by atoms with Crippen molar-refractivity contribution in [2.24, 2.45) is 0 Å². The van der Waals surface area contributed by atoms with E-state index in [1.54, 1.807) is 30.3 Å². The SMILES string of the molecule is C=CCOc1ccc(C[NH+](C)[C@H](C)C(=O)Nc2ccc(C(C)=O)cc2)cc1. The van der Waals surface area contributed by atoms with Gasteiger partial charge in [0, 0.05) is 16.8 Å². The Balaban J connectivity index is 1.91. The van der Waals surface area contributed by atoms with Gasteiger partial charge < -0.3 is 15.0 Å². The average Bonchev–Trinajstić information content (AvgIpc) is 2.67. The summed E-state index contributed by atoms with van der Waals surface area (Å²) in [6, 6.07) is 14.6. The Labute approximate surface area is 160 Å². The fourth-order valence-corrected chi connectivity index (χ4v) is 2.60. The van der Waals surface area contributed by atoms with Crippen LogP contribution in [0.2, 0.25) is 0 Å². The number of carbonyl (C=O) groups excluding carboxylic acids is 2. The van der Waals surface area contributed by atoms with Crippen molar-refractivity contribution in [2.45, 2.75) is 26.4 Å². The molecule has 5 nitrogen and oxygen atoms in total. The summed E-state index contributed by atoms with van der Waals surface area (Å²) >= 11 is 0. The molecule has 2 rings (SSSR count). The first kappa shape index (κ1) is 20.4. The van der Waals surface area contributed by atoms with Gasteiger partial charge in [0.05, 0.1) is 7.05 Å². The van der Waals surface area contributed by atoms with Crippen LogP contribution in [0, 0.1) is 0 Å². The number of hydrogen-bond donors (Lipinski definition) is 2. The largest absolute Gasteiger partial charge is 0.490 e. The fraction of sp³-hybridized carbons (Fsp3) is 0.273. The number of hydrogen-bond acceptors (Lipinski definition) is 3. The number of benzene rings is 2. The molecule has 0 saturated carbocycles. The zero-order chi connectivity index (χ0) is 19.8. The topological polar surface area (TPSA) is 59.8 Å². The molecule has 0 aromatic heterocycles. The van der Waals surface area contributed by atoms with Gasteiger partial charge >= 0.3 is 0 Å². The third kappa shape index (κ3) is 6.08. The van der Waals surface area contributed by atoms with Gasteiger partial charge in [-0.15, -0.1) is 0 Å². The maximum absolute atomic E-state index is 12.5. The monoisotopic (exact) mass is 367 g/mol. The summed E-state index contributed by atoms with van der Waals surface area (Å²) in [6.07, 6.45) is 1.71. The molecule has 0 aliphatic carbocycles. The molecule has 142 valence electrons. The maximum atomic E-state index is 12.5. The standard InChI is InChI=1S/C22H26N2O3/c1-5-14-27-21-12-6-18(7-13-21)15-24(4)16(2)22(26)23-20-10-8-19(9-11-20)17(3)25/h5-13,16H,1,14-15H2,2-4H3,(H,23,26)/p+1/t16-/m1/s1. The molecule has 0 aliphatic rings. The minimum absolute atomic E-state index is 0.00586. The Hall–Kier alpha value is -2.92. The number of Topliss-reactive ketones (excluding diaryl/α,β-unsaturated/α-hetero) is 1. The van der Waals surface area contributed by atoms with Crippen molar-refractivity contribution in [2.75, 3.05) is 19.0 Å². The Morgan fingerprint density at radius 2 is 1.78 bits per heavy atom. The molecule has 0 bridgehead atoms. The highest BCUT2D eigenvalue weighted by atomic mass is 16.5. The Morgan fingerprint density at radius 3 is 2.33 bits per heavy atom. The quantitative estimate of drug-likeness (QED) is 0.529. The molecule has 1 unspecified atom stereocenters.